The molecule has 0 aliphatic heterocycles. The van der Waals surface area contributed by atoms with E-state index in [0.29, 0.717) is 6.04 Å². The second-order valence-corrected chi connectivity index (χ2v) is 5.20. The molecule has 0 spiro atoms. The van der Waals surface area contributed by atoms with E-state index in [2.05, 4.69) is 5.32 Å². The van der Waals surface area contributed by atoms with Crippen LogP contribution in [0, 0.1) is 6.73 Å². The van der Waals surface area contributed by atoms with Crippen LogP contribution in [0.3, 0.4) is 0 Å². The van der Waals surface area contributed by atoms with Gasteiger partial charge in [-0.15, -0.1) is 0 Å². The molecule has 1 N–H and O–H groups in total. The molecule has 0 aromatic carbocycles. The van der Waals surface area contributed by atoms with Gasteiger partial charge in [0, 0.05) is 12.6 Å². The third-order valence-electron chi connectivity index (χ3n) is 3.66. The average Bonchev–Trinajstić information content (AvgIpc) is 2.32. The first-order chi connectivity index (χ1) is 8.43. The van der Waals surface area contributed by atoms with Crippen LogP contribution in [0.5, 0.6) is 0 Å². The van der Waals surface area contributed by atoms with E-state index < -0.39 is 0 Å². The molecule has 2 heteroatoms. The summed E-state index contributed by atoms with van der Waals surface area (Å²) in [6, 6.07) is 0.640. The first-order valence-electron chi connectivity index (χ1n) is 7.63. The zero-order valence-corrected chi connectivity index (χ0v) is 11.5. The highest BCUT2D eigenvalue weighted by Gasteiger charge is 2.08. The number of rotatable bonds is 4. The molecule has 0 amide bonds. The first kappa shape index (κ1) is 15.0. The Kier molecular flexibility index (Phi) is 9.72. The molecule has 2 nitrogen and oxygen atoms in total. The molecule has 0 saturated heterocycles. The van der Waals surface area contributed by atoms with E-state index in [4.69, 9.17) is 4.74 Å². The smallest absolute Gasteiger partial charge is 0.148 e. The molecule has 1 fully saturated rings. The molecule has 0 atom stereocenters. The van der Waals surface area contributed by atoms with Gasteiger partial charge in [-0.25, -0.2) is 0 Å². The third-order valence-corrected chi connectivity index (χ3v) is 3.66. The minimum atomic E-state index is 0.640. The van der Waals surface area contributed by atoms with Gasteiger partial charge < -0.3 is 4.74 Å². The van der Waals surface area contributed by atoms with Crippen LogP contribution in [0.25, 0.3) is 0 Å². The summed E-state index contributed by atoms with van der Waals surface area (Å²) in [5.41, 5.74) is 0. The standard InChI is InChI=1S/C15H30NO/c1-2-17-14-16-15-12-10-8-6-4-3-5-7-9-11-13-15/h14-16H,2-13H2,1H3. The summed E-state index contributed by atoms with van der Waals surface area (Å²) in [5, 5.41) is 3.43. The van der Waals surface area contributed by atoms with Crippen molar-refractivity contribution >= 4 is 0 Å². The van der Waals surface area contributed by atoms with Gasteiger partial charge in [0.25, 0.3) is 0 Å². The van der Waals surface area contributed by atoms with Gasteiger partial charge in [0.05, 0.1) is 0 Å². The van der Waals surface area contributed by atoms with Crippen LogP contribution in [-0.4, -0.2) is 12.6 Å². The van der Waals surface area contributed by atoms with Crippen molar-refractivity contribution in [1.82, 2.24) is 5.32 Å². The highest BCUT2D eigenvalue weighted by atomic mass is 16.5. The van der Waals surface area contributed by atoms with Gasteiger partial charge in [-0.1, -0.05) is 57.8 Å². The Morgan fingerprint density at radius 3 is 1.82 bits per heavy atom. The number of nitrogens with one attached hydrogen (secondary N) is 1. The Morgan fingerprint density at radius 1 is 0.882 bits per heavy atom. The fraction of sp³-hybridized carbons (Fsp3) is 0.933. The van der Waals surface area contributed by atoms with Crippen LogP contribution < -0.4 is 5.32 Å². The van der Waals surface area contributed by atoms with E-state index in [-0.39, 0.29) is 0 Å². The van der Waals surface area contributed by atoms with Crippen LogP contribution in [0.2, 0.25) is 0 Å². The van der Waals surface area contributed by atoms with Crippen molar-refractivity contribution in [3.63, 3.8) is 0 Å². The fourth-order valence-corrected chi connectivity index (χ4v) is 2.56. The van der Waals surface area contributed by atoms with Crippen LogP contribution >= 0.6 is 0 Å². The zero-order valence-electron chi connectivity index (χ0n) is 11.5. The van der Waals surface area contributed by atoms with Crippen molar-refractivity contribution in [2.45, 2.75) is 83.6 Å². The summed E-state index contributed by atoms with van der Waals surface area (Å²) in [4.78, 5) is 0. The Hall–Kier alpha value is -0.0800. The van der Waals surface area contributed by atoms with Crippen molar-refractivity contribution in [3.05, 3.63) is 6.73 Å². The molecule has 1 aliphatic rings. The quantitative estimate of drug-likeness (QED) is 0.735. The molecule has 1 radical (unpaired) electrons. The maximum atomic E-state index is 5.27. The maximum absolute atomic E-state index is 5.27. The molecule has 1 saturated carbocycles. The lowest BCUT2D eigenvalue weighted by molar-refractivity contribution is 0.181. The summed E-state index contributed by atoms with van der Waals surface area (Å²) in [5.74, 6) is 0. The molecular formula is C15H30NO. The van der Waals surface area contributed by atoms with Crippen molar-refractivity contribution in [3.8, 4) is 0 Å². The van der Waals surface area contributed by atoms with Gasteiger partial charge >= 0.3 is 0 Å². The molecule has 17 heavy (non-hydrogen) atoms. The lowest BCUT2D eigenvalue weighted by Gasteiger charge is -2.18. The lowest BCUT2D eigenvalue weighted by Crippen LogP contribution is -2.27. The molecule has 0 aromatic heterocycles. The molecule has 0 unspecified atom stereocenters. The van der Waals surface area contributed by atoms with Gasteiger partial charge in [0.1, 0.15) is 6.73 Å². The van der Waals surface area contributed by atoms with Crippen molar-refractivity contribution in [1.29, 1.82) is 0 Å². The van der Waals surface area contributed by atoms with E-state index in [1.54, 1.807) is 6.73 Å². The summed E-state index contributed by atoms with van der Waals surface area (Å²) < 4.78 is 5.27. The molecule has 101 valence electrons. The Morgan fingerprint density at radius 2 is 1.35 bits per heavy atom. The fourth-order valence-electron chi connectivity index (χ4n) is 2.56. The summed E-state index contributed by atoms with van der Waals surface area (Å²) in [6.45, 7) is 4.59. The number of hydrogen-bond acceptors (Lipinski definition) is 2. The normalized spacial score (nSPS) is 21.7. The van der Waals surface area contributed by atoms with Crippen LogP contribution in [0.1, 0.15) is 77.6 Å². The van der Waals surface area contributed by atoms with Gasteiger partial charge in [0.2, 0.25) is 0 Å². The monoisotopic (exact) mass is 240 g/mol. The average molecular weight is 240 g/mol. The van der Waals surface area contributed by atoms with Crippen LogP contribution in [0.4, 0.5) is 0 Å². The van der Waals surface area contributed by atoms with E-state index in [1.165, 1.54) is 70.6 Å². The number of hydrogen-bond donors (Lipinski definition) is 1. The lowest BCUT2D eigenvalue weighted by atomic mass is 9.98. The highest BCUT2D eigenvalue weighted by molar-refractivity contribution is 4.69. The van der Waals surface area contributed by atoms with Crippen LogP contribution in [-0.2, 0) is 4.74 Å². The second kappa shape index (κ2) is 11.0. The van der Waals surface area contributed by atoms with Crippen molar-refractivity contribution < 1.29 is 4.74 Å². The Bertz CT molecular complexity index is 149. The minimum Gasteiger partial charge on any atom is -0.359 e. The predicted molar refractivity (Wildman–Crippen MR) is 73.6 cm³/mol. The molecule has 0 heterocycles. The summed E-state index contributed by atoms with van der Waals surface area (Å²) >= 11 is 0. The van der Waals surface area contributed by atoms with E-state index >= 15 is 0 Å². The zero-order chi connectivity index (χ0) is 12.2. The van der Waals surface area contributed by atoms with Gasteiger partial charge in [-0.2, -0.15) is 0 Å². The third kappa shape index (κ3) is 8.62. The maximum Gasteiger partial charge on any atom is 0.148 e. The van der Waals surface area contributed by atoms with E-state index in [1.807, 2.05) is 6.92 Å². The number of ether oxygens (including phenoxy) is 1. The Balaban J connectivity index is 2.17. The SMILES string of the molecule is CCO[CH]NC1CCCCCCCCCCC1. The van der Waals surface area contributed by atoms with Crippen LogP contribution in [0.15, 0.2) is 0 Å². The van der Waals surface area contributed by atoms with E-state index in [9.17, 15) is 0 Å². The highest BCUT2D eigenvalue weighted by Crippen LogP contribution is 2.17. The van der Waals surface area contributed by atoms with E-state index in [0.717, 1.165) is 6.61 Å². The summed E-state index contributed by atoms with van der Waals surface area (Å²) in [7, 11) is 0. The summed E-state index contributed by atoms with van der Waals surface area (Å²) in [6.07, 6.45) is 15.4. The molecular weight excluding hydrogens is 210 g/mol. The largest absolute Gasteiger partial charge is 0.359 e. The molecule has 0 aromatic rings. The predicted octanol–water partition coefficient (Wildman–Crippen LogP) is 4.41. The first-order valence-corrected chi connectivity index (χ1v) is 7.63. The second-order valence-electron chi connectivity index (χ2n) is 5.20. The van der Waals surface area contributed by atoms with Gasteiger partial charge in [-0.05, 0) is 19.8 Å². The van der Waals surface area contributed by atoms with Crippen molar-refractivity contribution in [2.75, 3.05) is 6.61 Å². The van der Waals surface area contributed by atoms with Gasteiger partial charge in [0.15, 0.2) is 0 Å². The molecule has 1 rings (SSSR count). The molecule has 1 aliphatic carbocycles. The topological polar surface area (TPSA) is 21.3 Å². The molecule has 0 bridgehead atoms. The van der Waals surface area contributed by atoms with Gasteiger partial charge in [-0.3, -0.25) is 5.32 Å². The minimum absolute atomic E-state index is 0.640. The van der Waals surface area contributed by atoms with Crippen molar-refractivity contribution in [2.24, 2.45) is 0 Å². The Labute approximate surface area is 108 Å².